The first-order valence-corrected chi connectivity index (χ1v) is 7.89. The fourth-order valence-electron chi connectivity index (χ4n) is 2.25. The van der Waals surface area contributed by atoms with Crippen molar-refractivity contribution in [3.63, 3.8) is 0 Å². The molecule has 0 saturated heterocycles. The SMILES string of the molecule is COc1ccc(/C=C/C(=O)N[C@H](C)C(=O)N(C)Cc2ccco2)cc1. The molecule has 1 atom stereocenters. The van der Waals surface area contributed by atoms with E-state index in [-0.39, 0.29) is 11.8 Å². The molecule has 0 fully saturated rings. The maximum atomic E-state index is 12.3. The summed E-state index contributed by atoms with van der Waals surface area (Å²) in [5.74, 6) is 0.917. The Morgan fingerprint density at radius 1 is 1.28 bits per heavy atom. The topological polar surface area (TPSA) is 71.8 Å². The maximum absolute atomic E-state index is 12.3. The summed E-state index contributed by atoms with van der Waals surface area (Å²) < 4.78 is 10.3. The Hall–Kier alpha value is -3.02. The number of ether oxygens (including phenoxy) is 1. The minimum atomic E-state index is -0.632. The van der Waals surface area contributed by atoms with Crippen molar-refractivity contribution in [2.75, 3.05) is 14.2 Å². The number of likely N-dealkylation sites (N-methyl/N-ethyl adjacent to an activating group) is 1. The lowest BCUT2D eigenvalue weighted by Gasteiger charge is -2.20. The average Bonchev–Trinajstić information content (AvgIpc) is 3.12. The highest BCUT2D eigenvalue weighted by Crippen LogP contribution is 2.12. The molecule has 0 spiro atoms. The summed E-state index contributed by atoms with van der Waals surface area (Å²) in [6.45, 7) is 2.01. The fraction of sp³-hybridized carbons (Fsp3) is 0.263. The van der Waals surface area contributed by atoms with Crippen LogP contribution in [0.3, 0.4) is 0 Å². The van der Waals surface area contributed by atoms with Crippen LogP contribution in [0.15, 0.2) is 53.2 Å². The summed E-state index contributed by atoms with van der Waals surface area (Å²) in [7, 11) is 3.26. The summed E-state index contributed by atoms with van der Waals surface area (Å²) >= 11 is 0. The van der Waals surface area contributed by atoms with Gasteiger partial charge in [0.25, 0.3) is 0 Å². The van der Waals surface area contributed by atoms with Crippen LogP contribution >= 0.6 is 0 Å². The molecule has 0 saturated carbocycles. The summed E-state index contributed by atoms with van der Waals surface area (Å²) in [4.78, 5) is 25.8. The molecule has 6 nitrogen and oxygen atoms in total. The van der Waals surface area contributed by atoms with Gasteiger partial charge in [-0.1, -0.05) is 12.1 Å². The van der Waals surface area contributed by atoms with Gasteiger partial charge in [-0.15, -0.1) is 0 Å². The van der Waals surface area contributed by atoms with Crippen LogP contribution in [0.2, 0.25) is 0 Å². The zero-order chi connectivity index (χ0) is 18.2. The second-order valence-corrected chi connectivity index (χ2v) is 5.61. The van der Waals surface area contributed by atoms with Crippen LogP contribution in [0.25, 0.3) is 6.08 Å². The van der Waals surface area contributed by atoms with Gasteiger partial charge < -0.3 is 19.4 Å². The molecule has 1 aromatic heterocycles. The first-order valence-electron chi connectivity index (χ1n) is 7.89. The van der Waals surface area contributed by atoms with E-state index < -0.39 is 6.04 Å². The largest absolute Gasteiger partial charge is 0.497 e. The Labute approximate surface area is 147 Å². The van der Waals surface area contributed by atoms with E-state index in [0.29, 0.717) is 12.3 Å². The molecule has 25 heavy (non-hydrogen) atoms. The van der Waals surface area contributed by atoms with Crippen molar-refractivity contribution in [2.45, 2.75) is 19.5 Å². The quantitative estimate of drug-likeness (QED) is 0.785. The molecule has 0 bridgehead atoms. The molecule has 0 aliphatic carbocycles. The summed E-state index contributed by atoms with van der Waals surface area (Å²) in [6, 6.07) is 10.2. The predicted molar refractivity (Wildman–Crippen MR) is 94.8 cm³/mol. The van der Waals surface area contributed by atoms with Crippen LogP contribution in [0, 0.1) is 0 Å². The summed E-state index contributed by atoms with van der Waals surface area (Å²) in [6.07, 6.45) is 4.64. The first kappa shape index (κ1) is 18.3. The minimum absolute atomic E-state index is 0.192. The van der Waals surface area contributed by atoms with E-state index in [1.807, 2.05) is 24.3 Å². The van der Waals surface area contributed by atoms with Crippen molar-refractivity contribution in [2.24, 2.45) is 0 Å². The maximum Gasteiger partial charge on any atom is 0.245 e. The fourth-order valence-corrected chi connectivity index (χ4v) is 2.25. The third-order valence-electron chi connectivity index (χ3n) is 3.62. The molecule has 0 radical (unpaired) electrons. The molecule has 0 aliphatic rings. The van der Waals surface area contributed by atoms with E-state index in [0.717, 1.165) is 11.3 Å². The lowest BCUT2D eigenvalue weighted by Crippen LogP contribution is -2.44. The molecule has 1 aromatic carbocycles. The van der Waals surface area contributed by atoms with Crippen molar-refractivity contribution in [3.05, 3.63) is 60.1 Å². The number of furan rings is 1. The average molecular weight is 342 g/mol. The Morgan fingerprint density at radius 2 is 2.00 bits per heavy atom. The second kappa shape index (κ2) is 8.73. The molecule has 1 heterocycles. The highest BCUT2D eigenvalue weighted by atomic mass is 16.5. The third kappa shape index (κ3) is 5.53. The molecule has 132 valence electrons. The van der Waals surface area contributed by atoms with E-state index >= 15 is 0 Å². The molecule has 2 rings (SSSR count). The standard InChI is InChI=1S/C19H22N2O4/c1-14(19(23)21(2)13-17-5-4-12-25-17)20-18(22)11-8-15-6-9-16(24-3)10-7-15/h4-12,14H,13H2,1-3H3,(H,20,22)/b11-8+/t14-/m1/s1. The van der Waals surface area contributed by atoms with Crippen LogP contribution in [0.5, 0.6) is 5.75 Å². The number of amides is 2. The molecule has 6 heteroatoms. The zero-order valence-corrected chi connectivity index (χ0v) is 14.6. The van der Waals surface area contributed by atoms with Crippen LogP contribution in [-0.4, -0.2) is 36.9 Å². The normalized spacial score (nSPS) is 12.0. The Balaban J connectivity index is 1.85. The van der Waals surface area contributed by atoms with Crippen molar-refractivity contribution >= 4 is 17.9 Å². The highest BCUT2D eigenvalue weighted by molar-refractivity contribution is 5.95. The molecular weight excluding hydrogens is 320 g/mol. The van der Waals surface area contributed by atoms with Crippen molar-refractivity contribution in [3.8, 4) is 5.75 Å². The Morgan fingerprint density at radius 3 is 2.60 bits per heavy atom. The summed E-state index contributed by atoms with van der Waals surface area (Å²) in [5.41, 5.74) is 0.866. The van der Waals surface area contributed by atoms with Gasteiger partial charge in [0.1, 0.15) is 17.6 Å². The van der Waals surface area contributed by atoms with Gasteiger partial charge in [0, 0.05) is 13.1 Å². The van der Waals surface area contributed by atoms with Gasteiger partial charge in [0.15, 0.2) is 0 Å². The lowest BCUT2D eigenvalue weighted by atomic mass is 10.2. The van der Waals surface area contributed by atoms with E-state index in [1.54, 1.807) is 45.6 Å². The minimum Gasteiger partial charge on any atom is -0.497 e. The van der Waals surface area contributed by atoms with Gasteiger partial charge in [-0.05, 0) is 42.8 Å². The number of nitrogens with one attached hydrogen (secondary N) is 1. The molecule has 1 N–H and O–H groups in total. The predicted octanol–water partition coefficient (Wildman–Crippen LogP) is 2.46. The zero-order valence-electron chi connectivity index (χ0n) is 14.6. The number of nitrogens with zero attached hydrogens (tertiary/aromatic N) is 1. The van der Waals surface area contributed by atoms with Crippen molar-refractivity contribution in [1.82, 2.24) is 10.2 Å². The highest BCUT2D eigenvalue weighted by Gasteiger charge is 2.19. The van der Waals surface area contributed by atoms with Crippen LogP contribution in [0.1, 0.15) is 18.2 Å². The van der Waals surface area contributed by atoms with Gasteiger partial charge in [0.05, 0.1) is 19.9 Å². The lowest BCUT2D eigenvalue weighted by molar-refractivity contribution is -0.134. The number of methoxy groups -OCH3 is 1. The monoisotopic (exact) mass is 342 g/mol. The van der Waals surface area contributed by atoms with E-state index in [9.17, 15) is 9.59 Å². The van der Waals surface area contributed by atoms with Crippen LogP contribution in [0.4, 0.5) is 0 Å². The number of rotatable bonds is 7. The van der Waals surface area contributed by atoms with Gasteiger partial charge >= 0.3 is 0 Å². The molecule has 0 unspecified atom stereocenters. The van der Waals surface area contributed by atoms with Crippen molar-refractivity contribution in [1.29, 1.82) is 0 Å². The summed E-state index contributed by atoms with van der Waals surface area (Å²) in [5, 5.41) is 2.66. The number of benzene rings is 1. The molecule has 0 aliphatic heterocycles. The van der Waals surface area contributed by atoms with E-state index in [2.05, 4.69) is 5.32 Å². The van der Waals surface area contributed by atoms with Gasteiger partial charge in [0.2, 0.25) is 11.8 Å². The number of hydrogen-bond acceptors (Lipinski definition) is 4. The number of hydrogen-bond donors (Lipinski definition) is 1. The number of carbonyl (C=O) groups is 2. The molecule has 2 amide bonds. The Bertz CT molecular complexity index is 720. The van der Waals surface area contributed by atoms with Crippen molar-refractivity contribution < 1.29 is 18.7 Å². The van der Waals surface area contributed by atoms with Gasteiger partial charge in [-0.3, -0.25) is 9.59 Å². The smallest absolute Gasteiger partial charge is 0.245 e. The van der Waals surface area contributed by atoms with E-state index in [4.69, 9.17) is 9.15 Å². The first-order chi connectivity index (χ1) is 12.0. The van der Waals surface area contributed by atoms with Gasteiger partial charge in [-0.2, -0.15) is 0 Å². The Kier molecular flexibility index (Phi) is 6.39. The molecular formula is C19H22N2O4. The van der Waals surface area contributed by atoms with Gasteiger partial charge in [-0.25, -0.2) is 0 Å². The van der Waals surface area contributed by atoms with E-state index in [1.165, 1.54) is 11.0 Å². The number of carbonyl (C=O) groups excluding carboxylic acids is 2. The molecule has 2 aromatic rings. The van der Waals surface area contributed by atoms with Crippen LogP contribution in [-0.2, 0) is 16.1 Å². The second-order valence-electron chi connectivity index (χ2n) is 5.61. The van der Waals surface area contributed by atoms with Crippen LogP contribution < -0.4 is 10.1 Å². The third-order valence-corrected chi connectivity index (χ3v) is 3.62.